The van der Waals surface area contributed by atoms with E-state index in [2.05, 4.69) is 20.4 Å². The largest absolute Gasteiger partial charge is 0.460 e. The molecule has 52 heavy (non-hydrogen) atoms. The molecule has 0 aliphatic carbocycles. The minimum absolute atomic E-state index is 0.00762. The Bertz CT molecular complexity index is 2100. The Morgan fingerprint density at radius 3 is 2.60 bits per heavy atom. The number of thiazole rings is 1. The standard InChI is InChI=1S/C35H34F3N8O5S/c1-21(33-43-30(17-52-33)24-9-7-23(14-39)8-10-24)35(49,26-12-28(37)29(38)13-27(26)36)18-46-20-45(19-42-46)22(2)51-34(48)44(4)32-25(6-5-11-41-32)16-50-31(47)15-40-3/h5-13,17,19-22,40,49H,15-16,18H2,1-4H3/q+1. The number of likely N-dealkylation sites (N-methyl/N-ethyl adjacent to an activating group) is 1. The summed E-state index contributed by atoms with van der Waals surface area (Å²) in [6.45, 7) is 2.57. The molecule has 0 radical (unpaired) electrons. The van der Waals surface area contributed by atoms with E-state index in [0.29, 0.717) is 39.5 Å². The van der Waals surface area contributed by atoms with Crippen molar-refractivity contribution in [3.8, 4) is 17.3 Å². The number of halogens is 3. The van der Waals surface area contributed by atoms with E-state index in [0.717, 1.165) is 4.90 Å². The number of hydrogen-bond donors (Lipinski definition) is 2. The Hall–Kier alpha value is -5.70. The first-order chi connectivity index (χ1) is 24.8. The van der Waals surface area contributed by atoms with Gasteiger partial charge in [0, 0.05) is 59.3 Å². The minimum atomic E-state index is -2.21. The summed E-state index contributed by atoms with van der Waals surface area (Å²) in [4.78, 5) is 35.0. The Labute approximate surface area is 300 Å². The summed E-state index contributed by atoms with van der Waals surface area (Å²) in [5.41, 5.74) is -0.568. The topological polar surface area (TPSA) is 159 Å². The van der Waals surface area contributed by atoms with Crippen molar-refractivity contribution in [1.82, 2.24) is 25.1 Å². The summed E-state index contributed by atoms with van der Waals surface area (Å²) in [7, 11) is 3.04. The number of benzene rings is 2. The first kappa shape index (κ1) is 37.6. The van der Waals surface area contributed by atoms with Gasteiger partial charge in [-0.15, -0.1) is 16.0 Å². The first-order valence-electron chi connectivity index (χ1n) is 15.8. The lowest BCUT2D eigenvalue weighted by Gasteiger charge is -2.32. The third kappa shape index (κ3) is 8.26. The van der Waals surface area contributed by atoms with Gasteiger partial charge < -0.3 is 19.9 Å². The van der Waals surface area contributed by atoms with E-state index in [9.17, 15) is 23.5 Å². The highest BCUT2D eigenvalue weighted by Crippen LogP contribution is 2.42. The van der Waals surface area contributed by atoms with Crippen molar-refractivity contribution in [2.24, 2.45) is 0 Å². The van der Waals surface area contributed by atoms with Crippen molar-refractivity contribution in [3.05, 3.63) is 112 Å². The molecule has 0 fully saturated rings. The van der Waals surface area contributed by atoms with Crippen molar-refractivity contribution in [2.75, 3.05) is 25.5 Å². The first-order valence-corrected chi connectivity index (χ1v) is 16.7. The molecule has 5 rings (SSSR count). The second kappa shape index (κ2) is 16.1. The second-order valence-electron chi connectivity index (χ2n) is 11.8. The number of rotatable bonds is 13. The van der Waals surface area contributed by atoms with Crippen LogP contribution >= 0.6 is 11.3 Å². The van der Waals surface area contributed by atoms with Crippen LogP contribution in [0.1, 0.15) is 47.7 Å². The second-order valence-corrected chi connectivity index (χ2v) is 12.7. The SMILES string of the molecule is CNCC(=O)OCc1cccnc1N(C)C(=O)OC(C)[n+]1cnn(CC(O)(c2cc(F)c(F)cc2F)C(C)c2nc(-c3ccc(C#N)cc3)cs2)c1. The molecule has 3 aromatic heterocycles. The highest BCUT2D eigenvalue weighted by molar-refractivity contribution is 7.10. The maximum Gasteiger partial charge on any atom is 0.418 e. The van der Waals surface area contributed by atoms with Crippen molar-refractivity contribution in [1.29, 1.82) is 5.26 Å². The van der Waals surface area contributed by atoms with E-state index < -0.39 is 59.4 Å². The lowest BCUT2D eigenvalue weighted by atomic mass is 9.82. The van der Waals surface area contributed by atoms with E-state index in [1.54, 1.807) is 62.7 Å². The molecule has 2 aromatic carbocycles. The van der Waals surface area contributed by atoms with E-state index in [1.165, 1.54) is 46.5 Å². The summed E-state index contributed by atoms with van der Waals surface area (Å²) >= 11 is 1.18. The fourth-order valence-electron chi connectivity index (χ4n) is 5.28. The normalized spacial score (nSPS) is 13.4. The highest BCUT2D eigenvalue weighted by atomic mass is 32.1. The van der Waals surface area contributed by atoms with Crippen LogP contribution in [0.25, 0.3) is 11.3 Å². The number of amides is 1. The van der Waals surface area contributed by atoms with Crippen molar-refractivity contribution in [2.45, 2.75) is 44.7 Å². The van der Waals surface area contributed by atoms with E-state index in [1.807, 2.05) is 6.07 Å². The fourth-order valence-corrected chi connectivity index (χ4v) is 6.25. The number of carbonyl (C=O) groups is 2. The summed E-state index contributed by atoms with van der Waals surface area (Å²) in [5, 5.41) is 30.4. The summed E-state index contributed by atoms with van der Waals surface area (Å²) in [6, 6.07) is 13.0. The zero-order valence-electron chi connectivity index (χ0n) is 28.5. The Balaban J connectivity index is 1.37. The minimum Gasteiger partial charge on any atom is -0.460 e. The van der Waals surface area contributed by atoms with Gasteiger partial charge in [-0.3, -0.25) is 9.69 Å². The van der Waals surface area contributed by atoms with E-state index >= 15 is 4.39 Å². The number of anilines is 1. The van der Waals surface area contributed by atoms with Gasteiger partial charge in [0.05, 0.1) is 28.9 Å². The predicted molar refractivity (Wildman–Crippen MR) is 181 cm³/mol. The third-order valence-electron chi connectivity index (χ3n) is 8.26. The average Bonchev–Trinajstić information content (AvgIpc) is 3.82. The number of carbonyl (C=O) groups excluding carboxylic acids is 2. The van der Waals surface area contributed by atoms with Gasteiger partial charge in [0.2, 0.25) is 12.6 Å². The number of hydrogen-bond acceptors (Lipinski definition) is 11. The molecule has 3 unspecified atom stereocenters. The van der Waals surface area contributed by atoms with Crippen molar-refractivity contribution in [3.63, 3.8) is 0 Å². The Morgan fingerprint density at radius 1 is 1.15 bits per heavy atom. The van der Waals surface area contributed by atoms with Crippen LogP contribution in [0.5, 0.6) is 0 Å². The van der Waals surface area contributed by atoms with Gasteiger partial charge in [0.15, 0.2) is 11.6 Å². The maximum atomic E-state index is 15.3. The van der Waals surface area contributed by atoms with Crippen LogP contribution in [0.2, 0.25) is 0 Å². The molecule has 0 saturated carbocycles. The molecule has 3 atom stereocenters. The number of esters is 1. The molecule has 0 bridgehead atoms. The van der Waals surface area contributed by atoms with Crippen LogP contribution in [-0.4, -0.2) is 57.6 Å². The Kier molecular flexibility index (Phi) is 11.6. The number of ether oxygens (including phenoxy) is 2. The van der Waals surface area contributed by atoms with Gasteiger partial charge in [0.1, 0.15) is 30.4 Å². The van der Waals surface area contributed by atoms with E-state index in [-0.39, 0.29) is 19.0 Å². The third-order valence-corrected chi connectivity index (χ3v) is 9.29. The smallest absolute Gasteiger partial charge is 0.418 e. The fraction of sp³-hybridized carbons (Fsp3) is 0.286. The predicted octanol–water partition coefficient (Wildman–Crippen LogP) is 4.72. The monoisotopic (exact) mass is 735 g/mol. The van der Waals surface area contributed by atoms with Crippen LogP contribution in [-0.2, 0) is 33.0 Å². The molecular weight excluding hydrogens is 701 g/mol. The molecule has 13 nitrogen and oxygen atoms in total. The molecule has 2 N–H and O–H groups in total. The van der Waals surface area contributed by atoms with E-state index in [4.69, 9.17) is 14.7 Å². The van der Waals surface area contributed by atoms with Gasteiger partial charge >= 0.3 is 12.1 Å². The molecule has 0 aliphatic heterocycles. The van der Waals surface area contributed by atoms with Crippen molar-refractivity contribution < 1.29 is 41.9 Å². The van der Waals surface area contributed by atoms with Crippen LogP contribution in [0, 0.1) is 28.8 Å². The number of nitrogens with zero attached hydrogens (tertiary/aromatic N) is 7. The lowest BCUT2D eigenvalue weighted by molar-refractivity contribution is -0.753. The maximum absolute atomic E-state index is 15.3. The molecule has 17 heteroatoms. The van der Waals surface area contributed by atoms with Crippen LogP contribution in [0.3, 0.4) is 0 Å². The molecule has 1 amide bonds. The Morgan fingerprint density at radius 2 is 1.88 bits per heavy atom. The lowest BCUT2D eigenvalue weighted by Crippen LogP contribution is -2.42. The highest BCUT2D eigenvalue weighted by Gasteiger charge is 2.44. The summed E-state index contributed by atoms with van der Waals surface area (Å²) in [5.74, 6) is -5.21. The van der Waals surface area contributed by atoms with Gasteiger partial charge in [-0.25, -0.2) is 27.9 Å². The molecule has 0 spiro atoms. The zero-order chi connectivity index (χ0) is 37.6. The summed E-state index contributed by atoms with van der Waals surface area (Å²) in [6.07, 6.45) is 2.42. The molecule has 3 heterocycles. The van der Waals surface area contributed by atoms with Crippen molar-refractivity contribution >= 4 is 29.2 Å². The van der Waals surface area contributed by atoms with Gasteiger partial charge in [-0.05, 0) is 31.3 Å². The van der Waals surface area contributed by atoms with Gasteiger partial charge in [0.25, 0.3) is 6.33 Å². The molecule has 0 aliphatic rings. The van der Waals surface area contributed by atoms with Crippen LogP contribution in [0.15, 0.2) is 72.8 Å². The molecule has 270 valence electrons. The number of pyridine rings is 1. The summed E-state index contributed by atoms with van der Waals surface area (Å²) < 4.78 is 57.4. The zero-order valence-corrected chi connectivity index (χ0v) is 29.3. The number of nitriles is 1. The number of aromatic nitrogens is 5. The van der Waals surface area contributed by atoms with Gasteiger partial charge in [-0.1, -0.05) is 25.1 Å². The molecule has 0 saturated heterocycles. The molecular formula is C35H34F3N8O5S+. The van der Waals surface area contributed by atoms with Crippen LogP contribution < -0.4 is 14.8 Å². The van der Waals surface area contributed by atoms with Crippen LogP contribution in [0.4, 0.5) is 23.8 Å². The number of aliphatic hydroxyl groups is 1. The quantitative estimate of drug-likeness (QED) is 0.0985. The average molecular weight is 736 g/mol. The number of nitrogens with one attached hydrogen (secondary N) is 1. The molecule has 5 aromatic rings. The van der Waals surface area contributed by atoms with Gasteiger partial charge in [-0.2, -0.15) is 9.83 Å².